The lowest BCUT2D eigenvalue weighted by atomic mass is 9.81. The molecular weight excluding hydrogens is 410 g/mol. The first-order valence-electron chi connectivity index (χ1n) is 12.5. The van der Waals surface area contributed by atoms with Crippen LogP contribution in [0.2, 0.25) is 0 Å². The molecule has 0 atom stereocenters. The van der Waals surface area contributed by atoms with Crippen LogP contribution in [-0.2, 0) is 11.8 Å². The van der Waals surface area contributed by atoms with Crippen molar-refractivity contribution >= 4 is 11.4 Å². The van der Waals surface area contributed by atoms with Gasteiger partial charge in [0.15, 0.2) is 0 Å². The SMILES string of the molecule is CCc1cc2c(cc1N(c1ccccc1-c1ccccc1)C(C)(C)C)C(C)(C)c1ccccc1-2. The van der Waals surface area contributed by atoms with E-state index in [2.05, 4.69) is 137 Å². The lowest BCUT2D eigenvalue weighted by Crippen LogP contribution is -2.38. The van der Waals surface area contributed by atoms with Crippen LogP contribution >= 0.6 is 0 Å². The topological polar surface area (TPSA) is 3.24 Å². The molecule has 0 spiro atoms. The van der Waals surface area contributed by atoms with Crippen molar-refractivity contribution in [2.24, 2.45) is 0 Å². The molecule has 1 aliphatic carbocycles. The van der Waals surface area contributed by atoms with Crippen LogP contribution in [0.5, 0.6) is 0 Å². The Labute approximate surface area is 205 Å². The molecule has 0 aliphatic heterocycles. The zero-order valence-electron chi connectivity index (χ0n) is 21.3. The van der Waals surface area contributed by atoms with E-state index in [9.17, 15) is 0 Å². The second-order valence-corrected chi connectivity index (χ2v) is 10.9. The summed E-state index contributed by atoms with van der Waals surface area (Å²) in [5.74, 6) is 0. The molecule has 4 aromatic carbocycles. The molecule has 0 N–H and O–H groups in total. The van der Waals surface area contributed by atoms with Crippen molar-refractivity contribution in [2.75, 3.05) is 4.90 Å². The van der Waals surface area contributed by atoms with E-state index in [0.717, 1.165) is 6.42 Å². The van der Waals surface area contributed by atoms with Crippen LogP contribution in [0.25, 0.3) is 22.3 Å². The van der Waals surface area contributed by atoms with E-state index in [1.807, 2.05) is 0 Å². The van der Waals surface area contributed by atoms with Gasteiger partial charge >= 0.3 is 0 Å². The maximum absolute atomic E-state index is 2.56. The molecule has 172 valence electrons. The van der Waals surface area contributed by atoms with Gasteiger partial charge in [0.25, 0.3) is 0 Å². The Morgan fingerprint density at radius 3 is 1.94 bits per heavy atom. The van der Waals surface area contributed by atoms with Crippen molar-refractivity contribution in [1.82, 2.24) is 0 Å². The molecule has 1 heteroatoms. The Morgan fingerprint density at radius 1 is 0.647 bits per heavy atom. The quantitative estimate of drug-likeness (QED) is 0.303. The van der Waals surface area contributed by atoms with Gasteiger partial charge in [-0.3, -0.25) is 0 Å². The lowest BCUT2D eigenvalue weighted by Gasteiger charge is -2.41. The monoisotopic (exact) mass is 445 g/mol. The van der Waals surface area contributed by atoms with Crippen molar-refractivity contribution in [3.63, 3.8) is 0 Å². The predicted octanol–water partition coefficient (Wildman–Crippen LogP) is 9.16. The van der Waals surface area contributed by atoms with Crippen LogP contribution in [0, 0.1) is 0 Å². The normalized spacial score (nSPS) is 13.9. The second kappa shape index (κ2) is 8.17. The molecular formula is C33H35N. The Morgan fingerprint density at radius 2 is 1.26 bits per heavy atom. The van der Waals surface area contributed by atoms with Gasteiger partial charge in [0, 0.05) is 27.9 Å². The lowest BCUT2D eigenvalue weighted by molar-refractivity contribution is 0.558. The summed E-state index contributed by atoms with van der Waals surface area (Å²) in [4.78, 5) is 2.56. The molecule has 34 heavy (non-hydrogen) atoms. The Hall–Kier alpha value is -3.32. The van der Waals surface area contributed by atoms with Crippen molar-refractivity contribution in [3.8, 4) is 22.3 Å². The zero-order valence-corrected chi connectivity index (χ0v) is 21.3. The average molecular weight is 446 g/mol. The first-order valence-corrected chi connectivity index (χ1v) is 12.5. The van der Waals surface area contributed by atoms with Crippen LogP contribution in [0.15, 0.2) is 91.0 Å². The van der Waals surface area contributed by atoms with Gasteiger partial charge in [-0.25, -0.2) is 0 Å². The van der Waals surface area contributed by atoms with E-state index in [1.165, 1.54) is 50.3 Å². The fourth-order valence-electron chi connectivity index (χ4n) is 5.66. The molecule has 1 aliphatic rings. The summed E-state index contributed by atoms with van der Waals surface area (Å²) < 4.78 is 0. The van der Waals surface area contributed by atoms with Gasteiger partial charge in [0.1, 0.15) is 0 Å². The summed E-state index contributed by atoms with van der Waals surface area (Å²) in [5, 5.41) is 0. The fourth-order valence-corrected chi connectivity index (χ4v) is 5.66. The predicted molar refractivity (Wildman–Crippen MR) is 147 cm³/mol. The molecule has 5 rings (SSSR count). The number of fused-ring (bicyclic) bond motifs is 3. The molecule has 0 fully saturated rings. The van der Waals surface area contributed by atoms with Crippen LogP contribution in [-0.4, -0.2) is 5.54 Å². The summed E-state index contributed by atoms with van der Waals surface area (Å²) in [6, 6.07) is 33.5. The highest BCUT2D eigenvalue weighted by atomic mass is 15.2. The molecule has 0 aromatic heterocycles. The highest BCUT2D eigenvalue weighted by Crippen LogP contribution is 2.52. The third-order valence-electron chi connectivity index (χ3n) is 7.31. The molecule has 0 saturated heterocycles. The minimum absolute atomic E-state index is 0.0184. The van der Waals surface area contributed by atoms with Gasteiger partial charge < -0.3 is 4.90 Å². The number of hydrogen-bond acceptors (Lipinski definition) is 1. The third-order valence-corrected chi connectivity index (χ3v) is 7.31. The first kappa shape index (κ1) is 22.5. The van der Waals surface area contributed by atoms with Gasteiger partial charge in [-0.05, 0) is 78.8 Å². The standard InChI is InChI=1S/C33H35N/c1-7-23-21-27-26-18-11-13-19-28(26)33(5,6)29(27)22-31(23)34(32(2,3)4)30-20-14-12-17-25(30)24-15-9-8-10-16-24/h8-22H,7H2,1-6H3. The minimum Gasteiger partial charge on any atom is -0.335 e. The molecule has 1 nitrogen and oxygen atoms in total. The number of para-hydroxylation sites is 1. The summed E-state index contributed by atoms with van der Waals surface area (Å²) in [7, 11) is 0. The van der Waals surface area contributed by atoms with Crippen molar-refractivity contribution in [3.05, 3.63) is 108 Å². The Balaban J connectivity index is 1.77. The smallest absolute Gasteiger partial charge is 0.0495 e. The van der Waals surface area contributed by atoms with Crippen LogP contribution in [0.3, 0.4) is 0 Å². The highest BCUT2D eigenvalue weighted by molar-refractivity contribution is 5.88. The Bertz CT molecular complexity index is 1340. The third kappa shape index (κ3) is 3.55. The van der Waals surface area contributed by atoms with Crippen LogP contribution in [0.4, 0.5) is 11.4 Å². The molecule has 0 saturated carbocycles. The van der Waals surface area contributed by atoms with E-state index >= 15 is 0 Å². The second-order valence-electron chi connectivity index (χ2n) is 10.9. The van der Waals surface area contributed by atoms with Crippen LogP contribution in [0.1, 0.15) is 58.2 Å². The van der Waals surface area contributed by atoms with Gasteiger partial charge in [0.05, 0.1) is 0 Å². The van der Waals surface area contributed by atoms with Crippen molar-refractivity contribution < 1.29 is 0 Å². The molecule has 0 heterocycles. The van der Waals surface area contributed by atoms with E-state index in [4.69, 9.17) is 0 Å². The van der Waals surface area contributed by atoms with Gasteiger partial charge in [-0.1, -0.05) is 93.6 Å². The zero-order chi connectivity index (χ0) is 24.1. The van der Waals surface area contributed by atoms with E-state index in [-0.39, 0.29) is 11.0 Å². The number of aryl methyl sites for hydroxylation is 1. The summed E-state index contributed by atoms with van der Waals surface area (Å²) in [6.07, 6.45) is 0.991. The van der Waals surface area contributed by atoms with Gasteiger partial charge in [0.2, 0.25) is 0 Å². The number of hydrogen-bond donors (Lipinski definition) is 0. The largest absolute Gasteiger partial charge is 0.335 e. The number of rotatable bonds is 4. The maximum atomic E-state index is 2.56. The fraction of sp³-hybridized carbons (Fsp3) is 0.273. The van der Waals surface area contributed by atoms with E-state index in [0.29, 0.717) is 0 Å². The molecule has 0 amide bonds. The van der Waals surface area contributed by atoms with Crippen molar-refractivity contribution in [2.45, 2.75) is 58.9 Å². The van der Waals surface area contributed by atoms with Crippen LogP contribution < -0.4 is 4.90 Å². The number of nitrogens with zero attached hydrogens (tertiary/aromatic N) is 1. The van der Waals surface area contributed by atoms with E-state index < -0.39 is 0 Å². The molecule has 0 bridgehead atoms. The summed E-state index contributed by atoms with van der Waals surface area (Å²) >= 11 is 0. The van der Waals surface area contributed by atoms with E-state index in [1.54, 1.807) is 0 Å². The summed E-state index contributed by atoms with van der Waals surface area (Å²) in [6.45, 7) is 14.0. The van der Waals surface area contributed by atoms with Gasteiger partial charge in [-0.15, -0.1) is 0 Å². The maximum Gasteiger partial charge on any atom is 0.0495 e. The molecule has 0 unspecified atom stereocenters. The first-order chi connectivity index (χ1) is 16.2. The highest BCUT2D eigenvalue weighted by Gasteiger charge is 2.37. The number of benzene rings is 4. The van der Waals surface area contributed by atoms with Crippen molar-refractivity contribution in [1.29, 1.82) is 0 Å². The average Bonchev–Trinajstić information content (AvgIpc) is 3.05. The summed E-state index contributed by atoms with van der Waals surface area (Å²) in [5.41, 5.74) is 12.0. The molecule has 0 radical (unpaired) electrons. The van der Waals surface area contributed by atoms with Gasteiger partial charge in [-0.2, -0.15) is 0 Å². The Kier molecular flexibility index (Phi) is 5.40. The molecule has 4 aromatic rings. The minimum atomic E-state index is -0.0986. The number of anilines is 2.